The van der Waals surface area contributed by atoms with Gasteiger partial charge in [0, 0.05) is 19.0 Å². The molecule has 0 radical (unpaired) electrons. The van der Waals surface area contributed by atoms with E-state index in [-0.39, 0.29) is 28.3 Å². The maximum absolute atomic E-state index is 14.4. The number of anilines is 1. The van der Waals surface area contributed by atoms with E-state index in [1.165, 1.54) is 0 Å². The summed E-state index contributed by atoms with van der Waals surface area (Å²) in [5.74, 6) is -1.87. The number of nitrogens with zero attached hydrogens (tertiary/aromatic N) is 1. The number of nitrogens with one attached hydrogen (secondary N) is 1. The number of carbonyl (C=O) groups excluding carboxylic acids is 2. The fourth-order valence-electron chi connectivity index (χ4n) is 5.01. The lowest BCUT2D eigenvalue weighted by atomic mass is 9.96. The highest BCUT2D eigenvalue weighted by atomic mass is 35.5. The molecule has 37 heavy (non-hydrogen) atoms. The Morgan fingerprint density at radius 2 is 1.78 bits per heavy atom. The van der Waals surface area contributed by atoms with E-state index in [1.54, 1.807) is 12.1 Å². The molecule has 0 spiro atoms. The lowest BCUT2D eigenvalue weighted by Gasteiger charge is -2.31. The molecule has 0 aromatic heterocycles. The number of benzene rings is 3. The van der Waals surface area contributed by atoms with Crippen LogP contribution in [0.3, 0.4) is 0 Å². The van der Waals surface area contributed by atoms with Gasteiger partial charge in [0.2, 0.25) is 11.8 Å². The minimum absolute atomic E-state index is 0.0437. The summed E-state index contributed by atoms with van der Waals surface area (Å²) in [6.45, 7) is 0.823. The van der Waals surface area contributed by atoms with Crippen LogP contribution in [0.2, 0.25) is 5.02 Å². The van der Waals surface area contributed by atoms with Gasteiger partial charge in [0.1, 0.15) is 5.82 Å². The van der Waals surface area contributed by atoms with E-state index in [0.29, 0.717) is 31.3 Å². The lowest BCUT2D eigenvalue weighted by Crippen LogP contribution is -2.37. The summed E-state index contributed by atoms with van der Waals surface area (Å²) in [4.78, 5) is 27.6. The highest BCUT2D eigenvalue weighted by Crippen LogP contribution is 2.49. The molecule has 0 saturated heterocycles. The fourth-order valence-corrected chi connectivity index (χ4v) is 5.24. The predicted octanol–water partition coefficient (Wildman–Crippen LogP) is 6.37. The van der Waals surface area contributed by atoms with E-state index in [1.807, 2.05) is 35.2 Å². The Morgan fingerprint density at radius 1 is 1.03 bits per heavy atom. The van der Waals surface area contributed by atoms with Crippen molar-refractivity contribution in [1.82, 2.24) is 4.90 Å². The molecular weight excluding hydrogens is 508 g/mol. The van der Waals surface area contributed by atoms with Gasteiger partial charge in [-0.3, -0.25) is 9.59 Å². The van der Waals surface area contributed by atoms with Gasteiger partial charge in [-0.2, -0.15) is 13.2 Å². The monoisotopic (exact) mass is 530 g/mol. The maximum atomic E-state index is 14.4. The topological polar surface area (TPSA) is 49.4 Å². The van der Waals surface area contributed by atoms with E-state index < -0.39 is 29.9 Å². The zero-order valence-electron chi connectivity index (χ0n) is 19.6. The van der Waals surface area contributed by atoms with Crippen molar-refractivity contribution in [2.75, 3.05) is 11.9 Å². The van der Waals surface area contributed by atoms with Gasteiger partial charge in [-0.1, -0.05) is 60.1 Å². The van der Waals surface area contributed by atoms with Crippen molar-refractivity contribution in [1.29, 1.82) is 0 Å². The van der Waals surface area contributed by atoms with Gasteiger partial charge in [0.15, 0.2) is 0 Å². The molecule has 1 N–H and O–H groups in total. The lowest BCUT2D eigenvalue weighted by molar-refractivity contribution is -0.140. The first-order valence-electron chi connectivity index (χ1n) is 11.9. The molecule has 3 aromatic carbocycles. The van der Waals surface area contributed by atoms with E-state index >= 15 is 0 Å². The van der Waals surface area contributed by atoms with E-state index in [9.17, 15) is 27.2 Å². The first-order chi connectivity index (χ1) is 17.6. The number of hydrogen-bond donors (Lipinski definition) is 1. The SMILES string of the molecule is O=C(Cc1cccc(C(F)(F)F)c1F)Nc1c(Cl)ccc2c1CCN(C(=O)C1CC1c1ccccc1)C2. The Kier molecular flexibility index (Phi) is 6.70. The second-order valence-corrected chi connectivity index (χ2v) is 9.84. The Hall–Kier alpha value is -3.39. The Morgan fingerprint density at radius 3 is 2.51 bits per heavy atom. The molecule has 2 amide bonds. The third kappa shape index (κ3) is 5.21. The fraction of sp³-hybridized carbons (Fsp3) is 0.286. The molecular formula is C28H23ClF4N2O2. The molecule has 192 valence electrons. The van der Waals surface area contributed by atoms with Crippen LogP contribution in [0.25, 0.3) is 0 Å². The number of hydrogen-bond acceptors (Lipinski definition) is 2. The molecule has 1 heterocycles. The molecule has 0 bridgehead atoms. The van der Waals surface area contributed by atoms with Crippen LogP contribution in [0.4, 0.5) is 23.2 Å². The van der Waals surface area contributed by atoms with E-state index in [4.69, 9.17) is 11.6 Å². The van der Waals surface area contributed by atoms with Gasteiger partial charge in [-0.25, -0.2) is 4.39 Å². The molecule has 2 aliphatic rings. The Labute approximate surface area is 216 Å². The van der Waals surface area contributed by atoms with Crippen molar-refractivity contribution in [2.24, 2.45) is 5.92 Å². The predicted molar refractivity (Wildman–Crippen MR) is 132 cm³/mol. The quantitative estimate of drug-likeness (QED) is 0.390. The third-order valence-corrected chi connectivity index (χ3v) is 7.31. The zero-order chi connectivity index (χ0) is 26.3. The molecule has 4 nitrogen and oxygen atoms in total. The third-order valence-electron chi connectivity index (χ3n) is 7.00. The summed E-state index contributed by atoms with van der Waals surface area (Å²) in [6.07, 6.45) is -4.16. The summed E-state index contributed by atoms with van der Waals surface area (Å²) in [5, 5.41) is 2.92. The van der Waals surface area contributed by atoms with Crippen molar-refractivity contribution in [2.45, 2.75) is 37.9 Å². The summed E-state index contributed by atoms with van der Waals surface area (Å²) in [5.41, 5.74) is 1.33. The molecule has 1 fully saturated rings. The van der Waals surface area contributed by atoms with E-state index in [0.717, 1.165) is 35.2 Å². The van der Waals surface area contributed by atoms with Crippen LogP contribution in [-0.2, 0) is 35.2 Å². The minimum atomic E-state index is -4.86. The average Bonchev–Trinajstić information content (AvgIpc) is 3.67. The van der Waals surface area contributed by atoms with Crippen LogP contribution in [0.5, 0.6) is 0 Å². The molecule has 2 unspecified atom stereocenters. The standard InChI is InChI=1S/C28H23ClF4N2O2/c29-23-10-9-18-15-35(27(37)21-14-20(21)16-5-2-1-3-6-16)12-11-19(18)26(23)34-24(36)13-17-7-4-8-22(25(17)30)28(31,32)33/h1-10,20-21H,11-15H2,(H,34,36). The molecule has 1 aliphatic heterocycles. The normalized spacial score (nSPS) is 18.8. The summed E-state index contributed by atoms with van der Waals surface area (Å²) < 4.78 is 53.4. The number of carbonyl (C=O) groups is 2. The molecule has 1 saturated carbocycles. The molecule has 2 atom stereocenters. The first kappa shape index (κ1) is 25.3. The van der Waals surface area contributed by atoms with Crippen molar-refractivity contribution >= 4 is 29.1 Å². The van der Waals surface area contributed by atoms with Crippen LogP contribution in [0.15, 0.2) is 60.7 Å². The maximum Gasteiger partial charge on any atom is 0.419 e. The van der Waals surface area contributed by atoms with Crippen LogP contribution >= 0.6 is 11.6 Å². The van der Waals surface area contributed by atoms with Gasteiger partial charge >= 0.3 is 6.18 Å². The largest absolute Gasteiger partial charge is 0.419 e. The minimum Gasteiger partial charge on any atom is -0.338 e. The number of rotatable bonds is 5. The average molecular weight is 531 g/mol. The highest BCUT2D eigenvalue weighted by molar-refractivity contribution is 6.34. The second kappa shape index (κ2) is 9.82. The van der Waals surface area contributed by atoms with Crippen LogP contribution in [0, 0.1) is 11.7 Å². The summed E-state index contributed by atoms with van der Waals surface area (Å²) >= 11 is 6.35. The number of fused-ring (bicyclic) bond motifs is 1. The van der Waals surface area contributed by atoms with Crippen molar-refractivity contribution in [3.63, 3.8) is 0 Å². The summed E-state index contributed by atoms with van der Waals surface area (Å²) in [6, 6.07) is 16.2. The Balaban J connectivity index is 1.28. The van der Waals surface area contributed by atoms with Crippen molar-refractivity contribution in [3.05, 3.63) is 99.3 Å². The van der Waals surface area contributed by atoms with Crippen LogP contribution < -0.4 is 5.32 Å². The number of halogens is 5. The number of amides is 2. The van der Waals surface area contributed by atoms with E-state index in [2.05, 4.69) is 5.32 Å². The van der Waals surface area contributed by atoms with Gasteiger partial charge in [0.05, 0.1) is 22.7 Å². The molecule has 1 aliphatic carbocycles. The number of alkyl halides is 3. The molecule has 5 rings (SSSR count). The van der Waals surface area contributed by atoms with Crippen LogP contribution in [0.1, 0.15) is 40.2 Å². The second-order valence-electron chi connectivity index (χ2n) is 9.43. The van der Waals surface area contributed by atoms with Crippen LogP contribution in [-0.4, -0.2) is 23.3 Å². The molecule has 9 heteroatoms. The van der Waals surface area contributed by atoms with Gasteiger partial charge in [-0.15, -0.1) is 0 Å². The Bertz CT molecular complexity index is 1360. The van der Waals surface area contributed by atoms with Gasteiger partial charge in [0.25, 0.3) is 0 Å². The zero-order valence-corrected chi connectivity index (χ0v) is 20.4. The molecule has 3 aromatic rings. The van der Waals surface area contributed by atoms with Gasteiger partial charge < -0.3 is 10.2 Å². The van der Waals surface area contributed by atoms with Gasteiger partial charge in [-0.05, 0) is 53.1 Å². The highest BCUT2D eigenvalue weighted by Gasteiger charge is 2.46. The van der Waals surface area contributed by atoms with Crippen molar-refractivity contribution < 1.29 is 27.2 Å². The first-order valence-corrected chi connectivity index (χ1v) is 12.3. The smallest absolute Gasteiger partial charge is 0.338 e. The summed E-state index contributed by atoms with van der Waals surface area (Å²) in [7, 11) is 0. The van der Waals surface area contributed by atoms with Crippen molar-refractivity contribution in [3.8, 4) is 0 Å².